The third-order valence-electron chi connectivity index (χ3n) is 7.04. The van der Waals surface area contributed by atoms with Crippen LogP contribution < -0.4 is 10.2 Å². The second kappa shape index (κ2) is 7.55. The van der Waals surface area contributed by atoms with Crippen molar-refractivity contribution in [3.8, 4) is 0 Å². The number of amides is 4. The van der Waals surface area contributed by atoms with E-state index in [-0.39, 0.29) is 30.6 Å². The number of imide groups is 1. The predicted molar refractivity (Wildman–Crippen MR) is 118 cm³/mol. The minimum Gasteiger partial charge on any atom is -0.365 e. The molecule has 0 saturated carbocycles. The number of nitrogens with one attached hydrogen (secondary N) is 1. The van der Waals surface area contributed by atoms with Crippen LogP contribution in [0.25, 0.3) is 0 Å². The van der Waals surface area contributed by atoms with Crippen LogP contribution in [0.3, 0.4) is 0 Å². The SMILES string of the molecule is O=C1CCN(N2Cc3cc(CN4CC(N5CCc6cc(F)ccc65)C4)ccc3C2=O)C(=O)N1. The summed E-state index contributed by atoms with van der Waals surface area (Å²) in [4.78, 5) is 41.1. The number of carbonyl (C=O) groups excluding carboxylic acids is 3. The van der Waals surface area contributed by atoms with Gasteiger partial charge in [-0.3, -0.25) is 19.8 Å². The molecule has 9 heteroatoms. The average molecular weight is 449 g/mol. The number of anilines is 1. The fourth-order valence-corrected chi connectivity index (χ4v) is 5.34. The van der Waals surface area contributed by atoms with Crippen molar-refractivity contribution in [2.24, 2.45) is 0 Å². The van der Waals surface area contributed by atoms with E-state index in [9.17, 15) is 18.8 Å². The molecule has 0 aliphatic carbocycles. The van der Waals surface area contributed by atoms with E-state index in [4.69, 9.17) is 0 Å². The molecule has 2 aromatic rings. The first-order valence-electron chi connectivity index (χ1n) is 11.3. The number of rotatable bonds is 4. The number of benzene rings is 2. The van der Waals surface area contributed by atoms with Gasteiger partial charge in [0.25, 0.3) is 5.91 Å². The number of fused-ring (bicyclic) bond motifs is 2. The van der Waals surface area contributed by atoms with E-state index in [2.05, 4.69) is 15.1 Å². The molecule has 4 amide bonds. The molecule has 0 atom stereocenters. The van der Waals surface area contributed by atoms with Gasteiger partial charge in [0.05, 0.1) is 19.1 Å². The van der Waals surface area contributed by atoms with Gasteiger partial charge in [-0.2, -0.15) is 0 Å². The van der Waals surface area contributed by atoms with E-state index in [1.807, 2.05) is 24.3 Å². The van der Waals surface area contributed by atoms with Gasteiger partial charge in [-0.25, -0.2) is 19.2 Å². The van der Waals surface area contributed by atoms with Crippen molar-refractivity contribution in [3.63, 3.8) is 0 Å². The van der Waals surface area contributed by atoms with E-state index < -0.39 is 6.03 Å². The summed E-state index contributed by atoms with van der Waals surface area (Å²) < 4.78 is 13.5. The highest BCUT2D eigenvalue weighted by Crippen LogP contribution is 2.33. The molecular formula is C24H24FN5O3. The third kappa shape index (κ3) is 3.43. The van der Waals surface area contributed by atoms with Crippen LogP contribution in [0.4, 0.5) is 14.9 Å². The Bertz CT molecular complexity index is 1180. The highest BCUT2D eigenvalue weighted by atomic mass is 19.1. The molecule has 0 aromatic heterocycles. The van der Waals surface area contributed by atoms with Gasteiger partial charge < -0.3 is 4.90 Å². The average Bonchev–Trinajstić information content (AvgIpc) is 3.31. The zero-order chi connectivity index (χ0) is 22.7. The topological polar surface area (TPSA) is 76.2 Å². The van der Waals surface area contributed by atoms with Crippen molar-refractivity contribution in [3.05, 3.63) is 64.5 Å². The maximum atomic E-state index is 13.5. The Morgan fingerprint density at radius 2 is 1.79 bits per heavy atom. The zero-order valence-corrected chi connectivity index (χ0v) is 18.1. The molecule has 0 unspecified atom stereocenters. The highest BCUT2D eigenvalue weighted by Gasteiger charge is 2.38. The van der Waals surface area contributed by atoms with Crippen molar-refractivity contribution < 1.29 is 18.8 Å². The normalized spacial score (nSPS) is 20.8. The first kappa shape index (κ1) is 20.2. The molecule has 1 N–H and O–H groups in total. The lowest BCUT2D eigenvalue weighted by atomic mass is 10.0. The van der Waals surface area contributed by atoms with Gasteiger partial charge in [-0.15, -0.1) is 0 Å². The van der Waals surface area contributed by atoms with Gasteiger partial charge in [0.1, 0.15) is 5.82 Å². The smallest absolute Gasteiger partial charge is 0.342 e. The van der Waals surface area contributed by atoms with Gasteiger partial charge in [-0.05, 0) is 47.4 Å². The van der Waals surface area contributed by atoms with E-state index >= 15 is 0 Å². The number of hydrogen-bond acceptors (Lipinski definition) is 5. The molecule has 170 valence electrons. The Hall–Kier alpha value is -3.46. The molecule has 2 aromatic carbocycles. The number of nitrogens with zero attached hydrogens (tertiary/aromatic N) is 4. The molecule has 0 spiro atoms. The summed E-state index contributed by atoms with van der Waals surface area (Å²) in [7, 11) is 0. The Balaban J connectivity index is 1.09. The van der Waals surface area contributed by atoms with Crippen LogP contribution in [0.15, 0.2) is 36.4 Å². The van der Waals surface area contributed by atoms with Gasteiger partial charge in [-0.1, -0.05) is 12.1 Å². The Morgan fingerprint density at radius 3 is 2.61 bits per heavy atom. The molecule has 33 heavy (non-hydrogen) atoms. The number of hydrazine groups is 1. The first-order chi connectivity index (χ1) is 16.0. The largest absolute Gasteiger partial charge is 0.365 e. The minimum atomic E-state index is -0.550. The molecule has 4 aliphatic heterocycles. The predicted octanol–water partition coefficient (Wildman–Crippen LogP) is 1.89. The van der Waals surface area contributed by atoms with Crippen LogP contribution in [-0.4, -0.2) is 65.0 Å². The summed E-state index contributed by atoms with van der Waals surface area (Å²) in [6, 6.07) is 10.8. The van der Waals surface area contributed by atoms with Crippen molar-refractivity contribution in [1.29, 1.82) is 0 Å². The van der Waals surface area contributed by atoms with Crippen molar-refractivity contribution >= 4 is 23.5 Å². The van der Waals surface area contributed by atoms with E-state index in [1.54, 1.807) is 6.07 Å². The second-order valence-electron chi connectivity index (χ2n) is 9.15. The van der Waals surface area contributed by atoms with Gasteiger partial charge >= 0.3 is 6.03 Å². The summed E-state index contributed by atoms with van der Waals surface area (Å²) in [5.41, 5.74) is 4.87. The maximum Gasteiger partial charge on any atom is 0.342 e. The van der Waals surface area contributed by atoms with Crippen LogP contribution in [0, 0.1) is 5.82 Å². The van der Waals surface area contributed by atoms with E-state index in [0.29, 0.717) is 18.2 Å². The number of hydrogen-bond donors (Lipinski definition) is 1. The van der Waals surface area contributed by atoms with Crippen molar-refractivity contribution in [1.82, 2.24) is 20.2 Å². The molecule has 2 fully saturated rings. The second-order valence-corrected chi connectivity index (χ2v) is 9.15. The van der Waals surface area contributed by atoms with Crippen molar-refractivity contribution in [2.45, 2.75) is 32.0 Å². The van der Waals surface area contributed by atoms with Crippen LogP contribution in [0.2, 0.25) is 0 Å². The van der Waals surface area contributed by atoms with Gasteiger partial charge in [0.2, 0.25) is 5.91 Å². The summed E-state index contributed by atoms with van der Waals surface area (Å²) >= 11 is 0. The highest BCUT2D eigenvalue weighted by molar-refractivity contribution is 6.01. The van der Waals surface area contributed by atoms with Gasteiger partial charge in [0, 0.05) is 43.9 Å². The lowest BCUT2D eigenvalue weighted by Gasteiger charge is -2.45. The van der Waals surface area contributed by atoms with Crippen LogP contribution in [0.5, 0.6) is 0 Å². The molecule has 0 radical (unpaired) electrons. The molecular weight excluding hydrogens is 425 g/mol. The number of halogens is 1. The third-order valence-corrected chi connectivity index (χ3v) is 7.04. The number of carbonyl (C=O) groups is 3. The van der Waals surface area contributed by atoms with E-state index in [1.165, 1.54) is 16.1 Å². The first-order valence-corrected chi connectivity index (χ1v) is 11.3. The van der Waals surface area contributed by atoms with Crippen LogP contribution >= 0.6 is 0 Å². The molecule has 2 saturated heterocycles. The zero-order valence-electron chi connectivity index (χ0n) is 18.1. The summed E-state index contributed by atoms with van der Waals surface area (Å²) in [6.45, 7) is 4.15. The van der Waals surface area contributed by atoms with E-state index in [0.717, 1.165) is 55.0 Å². The Morgan fingerprint density at radius 1 is 0.939 bits per heavy atom. The van der Waals surface area contributed by atoms with Crippen LogP contribution in [-0.2, 0) is 24.3 Å². The summed E-state index contributed by atoms with van der Waals surface area (Å²) in [5, 5.41) is 5.01. The number of likely N-dealkylation sites (tertiary alicyclic amines) is 1. The summed E-state index contributed by atoms with van der Waals surface area (Å²) in [6.07, 6.45) is 1.08. The fourth-order valence-electron chi connectivity index (χ4n) is 5.34. The molecule has 0 bridgehead atoms. The Labute approximate surface area is 190 Å². The number of urea groups is 1. The molecule has 6 rings (SSSR count). The lowest BCUT2D eigenvalue weighted by Crippen LogP contribution is -2.58. The maximum absolute atomic E-state index is 13.5. The standard InChI is InChI=1S/C24H24FN5O3/c25-18-2-4-21-16(10-18)5-7-28(21)19-13-27(14-19)11-15-1-3-20-17(9-15)12-30(23(20)32)29-8-6-22(31)26-24(29)33/h1-4,9-10,19H,5-8,11-14H2,(H,26,31,33). The fraction of sp³-hybridized carbons (Fsp3) is 0.375. The molecule has 4 heterocycles. The monoisotopic (exact) mass is 449 g/mol. The van der Waals surface area contributed by atoms with Crippen LogP contribution in [0.1, 0.15) is 33.5 Å². The van der Waals surface area contributed by atoms with Gasteiger partial charge in [0.15, 0.2) is 0 Å². The quantitative estimate of drug-likeness (QED) is 0.772. The minimum absolute atomic E-state index is 0.172. The van der Waals surface area contributed by atoms with Crippen molar-refractivity contribution in [2.75, 3.05) is 31.1 Å². The summed E-state index contributed by atoms with van der Waals surface area (Å²) in [5.74, 6) is -0.705. The lowest BCUT2D eigenvalue weighted by molar-refractivity contribution is -0.123. The molecule has 8 nitrogen and oxygen atoms in total. The molecule has 4 aliphatic rings. The Kier molecular flexibility index (Phi) is 4.62.